The summed E-state index contributed by atoms with van der Waals surface area (Å²) in [5.41, 5.74) is 0. The molecule has 10 heteroatoms. The second-order valence-corrected chi connectivity index (χ2v) is 3.51. The Morgan fingerprint density at radius 2 is 1.20 bits per heavy atom. The summed E-state index contributed by atoms with van der Waals surface area (Å²) >= 11 is -8.92. The molecule has 0 heterocycles. The third-order valence-corrected chi connectivity index (χ3v) is 0. The van der Waals surface area contributed by atoms with Gasteiger partial charge in [0, 0.05) is 0 Å². The molecule has 0 aliphatic rings. The van der Waals surface area contributed by atoms with E-state index in [1.54, 1.807) is 0 Å². The van der Waals surface area contributed by atoms with E-state index in [-0.39, 0.29) is 17.1 Å². The Labute approximate surface area is 74.4 Å². The van der Waals surface area contributed by atoms with Gasteiger partial charge in [-0.2, -0.15) is 0 Å². The van der Waals surface area contributed by atoms with Crippen LogP contribution in [0, 0.1) is 0 Å². The van der Waals surface area contributed by atoms with E-state index in [4.69, 9.17) is 28.1 Å². The van der Waals surface area contributed by atoms with E-state index in [1.165, 1.54) is 0 Å². The number of rotatable bonds is 0. The molecule has 0 saturated heterocycles. The summed E-state index contributed by atoms with van der Waals surface area (Å²) in [5, 5.41) is 0. The monoisotopic (exact) mass is 305 g/mol. The Kier molecular flexibility index (Phi) is 13.9. The zero-order chi connectivity index (χ0) is 8.08. The van der Waals surface area contributed by atoms with Crippen LogP contribution in [-0.2, 0) is 39.4 Å². The molecule has 0 aromatic carbocycles. The standard InChI is InChI=1S/AsH3O4.Cr.Cu.3O/c2-1(3,4)5;;;;;/h(H3,2,3,4,5);;;;;/q;;+2;;2*-1. The van der Waals surface area contributed by atoms with Crippen molar-refractivity contribution in [2.45, 2.75) is 0 Å². The molecule has 0 aromatic rings. The summed E-state index contributed by atoms with van der Waals surface area (Å²) in [6.07, 6.45) is 0. The van der Waals surface area contributed by atoms with Gasteiger partial charge in [-0.05, 0) is 0 Å². The summed E-state index contributed by atoms with van der Waals surface area (Å²) in [4.78, 5) is 0. The summed E-state index contributed by atoms with van der Waals surface area (Å²) in [6, 6.07) is 0. The molecular formula is H3AsCrCuO7. The van der Waals surface area contributed by atoms with Gasteiger partial charge in [0.2, 0.25) is 0 Å². The molecule has 0 unspecified atom stereocenters. The average Bonchev–Trinajstić information content (AvgIpc) is 1.19. The van der Waals surface area contributed by atoms with Crippen LogP contribution in [0.2, 0.25) is 0 Å². The average molecular weight is 305 g/mol. The van der Waals surface area contributed by atoms with Crippen LogP contribution < -0.4 is 8.32 Å². The van der Waals surface area contributed by atoms with Gasteiger partial charge in [0.05, 0.1) is 0 Å². The van der Waals surface area contributed by atoms with Crippen molar-refractivity contribution in [3.63, 3.8) is 0 Å². The van der Waals surface area contributed by atoms with E-state index < -0.39 is 29.3 Å². The van der Waals surface area contributed by atoms with Gasteiger partial charge in [0.15, 0.2) is 0 Å². The van der Waals surface area contributed by atoms with E-state index in [0.717, 1.165) is 0 Å². The van der Waals surface area contributed by atoms with Crippen molar-refractivity contribution in [3.05, 3.63) is 0 Å². The van der Waals surface area contributed by atoms with Gasteiger partial charge in [-0.25, -0.2) is 0 Å². The van der Waals surface area contributed by atoms with Gasteiger partial charge in [-0.3, -0.25) is 0 Å². The predicted octanol–water partition coefficient (Wildman–Crippen LogP) is -4.67. The van der Waals surface area contributed by atoms with Crippen molar-refractivity contribution >= 4 is 14.5 Å². The minimum atomic E-state index is -5.12. The van der Waals surface area contributed by atoms with E-state index >= 15 is 0 Å². The van der Waals surface area contributed by atoms with Gasteiger partial charge < -0.3 is 0 Å². The molecular weight excluding hydrogens is 302 g/mol. The molecule has 0 rings (SSSR count). The normalized spacial score (nSPS) is 9.40. The quantitative estimate of drug-likeness (QED) is 0.382. The molecule has 3 N–H and O–H groups in total. The zero-order valence-corrected chi connectivity index (χ0v) is 8.22. The van der Waals surface area contributed by atoms with E-state index in [1.807, 2.05) is 0 Å². The molecule has 0 atom stereocenters. The third-order valence-electron chi connectivity index (χ3n) is 0. The maximum absolute atomic E-state index is 8.94. The first-order valence-corrected chi connectivity index (χ1v) is 6.13. The Morgan fingerprint density at radius 3 is 1.20 bits per heavy atom. The second kappa shape index (κ2) is 8.11. The fourth-order valence-electron chi connectivity index (χ4n) is 0. The minimum absolute atomic E-state index is 0. The molecule has 0 fully saturated rings. The van der Waals surface area contributed by atoms with Gasteiger partial charge in [0.25, 0.3) is 0 Å². The summed E-state index contributed by atoms with van der Waals surface area (Å²) in [7, 11) is 0. The number of hydrogen-bond donors (Lipinski definition) is 3. The summed E-state index contributed by atoms with van der Waals surface area (Å²) in [6.45, 7) is 0. The van der Waals surface area contributed by atoms with E-state index in [2.05, 4.69) is 0 Å². The van der Waals surface area contributed by atoms with Gasteiger partial charge in [-0.1, -0.05) is 0 Å². The van der Waals surface area contributed by atoms with Crippen molar-refractivity contribution in [3.8, 4) is 0 Å². The van der Waals surface area contributed by atoms with Crippen molar-refractivity contribution in [1.29, 1.82) is 0 Å². The maximum atomic E-state index is 8.94. The van der Waals surface area contributed by atoms with Crippen LogP contribution in [0.25, 0.3) is 0 Å². The van der Waals surface area contributed by atoms with Crippen LogP contribution in [0.15, 0.2) is 0 Å². The van der Waals surface area contributed by atoms with Gasteiger partial charge in [-0.15, -0.1) is 0 Å². The molecule has 0 aliphatic carbocycles. The van der Waals surface area contributed by atoms with Gasteiger partial charge >= 0.3 is 74.5 Å². The predicted molar refractivity (Wildman–Crippen MR) is 13.8 cm³/mol. The first kappa shape index (κ1) is 17.2. The molecule has 67 valence electrons. The van der Waals surface area contributed by atoms with Crippen LogP contribution >= 0.6 is 0 Å². The van der Waals surface area contributed by atoms with Crippen LogP contribution in [0.3, 0.4) is 0 Å². The molecule has 0 bridgehead atoms. The number of hydrogen-bond acceptors (Lipinski definition) is 4. The second-order valence-electron chi connectivity index (χ2n) is 0.717. The van der Waals surface area contributed by atoms with E-state index in [0.29, 0.717) is 0 Å². The molecule has 10 heavy (non-hydrogen) atoms. The Hall–Kier alpha value is 1.01. The third kappa shape index (κ3) is 566. The van der Waals surface area contributed by atoms with Crippen LogP contribution in [0.4, 0.5) is 0 Å². The zero-order valence-electron chi connectivity index (χ0n) is 4.13. The fourth-order valence-corrected chi connectivity index (χ4v) is 0. The first-order valence-electron chi connectivity index (χ1n) is 1.28. The molecule has 7 nitrogen and oxygen atoms in total. The van der Waals surface area contributed by atoms with Crippen molar-refractivity contribution in [2.75, 3.05) is 0 Å². The fraction of sp³-hybridized carbons (Fsp3) is 0. The first-order chi connectivity index (χ1) is 3.73. The van der Waals surface area contributed by atoms with Crippen molar-refractivity contribution in [1.82, 2.24) is 0 Å². The Morgan fingerprint density at radius 1 is 1.20 bits per heavy atom. The summed E-state index contributed by atoms with van der Waals surface area (Å²) < 4.78 is 56.3. The van der Waals surface area contributed by atoms with Crippen molar-refractivity contribution < 1.29 is 60.0 Å². The Balaban J connectivity index is -0.0000000910. The molecule has 0 aromatic heterocycles. The van der Waals surface area contributed by atoms with Gasteiger partial charge in [0.1, 0.15) is 0 Å². The van der Waals surface area contributed by atoms with Crippen LogP contribution in [0.5, 0.6) is 0 Å². The molecule has 0 saturated carbocycles. The molecule has 0 spiro atoms. The van der Waals surface area contributed by atoms with Crippen LogP contribution in [0.1, 0.15) is 0 Å². The van der Waals surface area contributed by atoms with Crippen LogP contribution in [-0.4, -0.2) is 26.8 Å². The molecule has 0 amide bonds. The molecule has 0 aliphatic heterocycles. The molecule has 1 radical (unpaired) electrons. The Bertz CT molecular complexity index is 113. The van der Waals surface area contributed by atoms with E-state index in [9.17, 15) is 0 Å². The van der Waals surface area contributed by atoms with Crippen molar-refractivity contribution in [2.24, 2.45) is 0 Å². The topological polar surface area (TPSA) is 141 Å². The SMILES string of the molecule is O=[As](O)(O)O.[Cu+2].[O]=[Cr]([O-])[O-]. The summed E-state index contributed by atoms with van der Waals surface area (Å²) in [5.74, 6) is 0.